The number of aromatic hydroxyl groups is 1. The van der Waals surface area contributed by atoms with Crippen LogP contribution in [0.1, 0.15) is 42.0 Å². The molecule has 53 heavy (non-hydrogen) atoms. The summed E-state index contributed by atoms with van der Waals surface area (Å²) < 4.78 is 5.70. The summed E-state index contributed by atoms with van der Waals surface area (Å²) in [6, 6.07) is 39.1. The molecule has 4 atom stereocenters. The molecule has 3 heterocycles. The Hall–Kier alpha value is -4.18. The molecule has 7 rings (SSSR count). The molecule has 1 unspecified atom stereocenters. The lowest BCUT2D eigenvalue weighted by Crippen LogP contribution is -2.51. The molecule has 0 aromatic heterocycles. The standard InChI is InChI=1S/C44H53N5O2S2/c1-2-51-42-21-17-33(18-22-42)23-25-47-40(28-36-15-19-41(50)20-16-36)32-49(44(47)53)39(27-35-12-7-4-8-13-35)30-46-24-9-14-37(46)31-48-38(29-45-43(48)52)26-34-10-5-3-6-11-34/h3-8,10-13,15-22,37-40,50H,2,9,14,23-32H2,1H3,(H,45,52)/t37?,38-,39-,40-/m0/s1. The van der Waals surface area contributed by atoms with Crippen LogP contribution in [0.4, 0.5) is 0 Å². The van der Waals surface area contributed by atoms with E-state index in [1.807, 2.05) is 19.1 Å². The Morgan fingerprint density at radius 2 is 1.43 bits per heavy atom. The maximum absolute atomic E-state index is 10.0. The van der Waals surface area contributed by atoms with Crippen molar-refractivity contribution < 1.29 is 9.84 Å². The number of likely N-dealkylation sites (tertiary alicyclic amines) is 1. The van der Waals surface area contributed by atoms with Gasteiger partial charge >= 0.3 is 0 Å². The monoisotopic (exact) mass is 747 g/mol. The normalized spacial score (nSPS) is 21.0. The van der Waals surface area contributed by atoms with Gasteiger partial charge < -0.3 is 29.9 Å². The van der Waals surface area contributed by atoms with Crippen LogP contribution >= 0.6 is 24.4 Å². The summed E-state index contributed by atoms with van der Waals surface area (Å²) in [6.45, 7) is 8.28. The molecule has 0 amide bonds. The molecule has 0 spiro atoms. The summed E-state index contributed by atoms with van der Waals surface area (Å²) >= 11 is 12.4. The Labute approximate surface area is 326 Å². The third-order valence-corrected chi connectivity index (χ3v) is 12.1. The van der Waals surface area contributed by atoms with E-state index in [1.165, 1.54) is 35.1 Å². The molecular formula is C44H53N5O2S2. The molecule has 0 bridgehead atoms. The number of phenolic OH excluding ortho intramolecular Hbond substituents is 1. The van der Waals surface area contributed by atoms with E-state index in [-0.39, 0.29) is 12.1 Å². The molecule has 2 N–H and O–H groups in total. The van der Waals surface area contributed by atoms with Crippen LogP contribution in [0.25, 0.3) is 0 Å². The van der Waals surface area contributed by atoms with E-state index < -0.39 is 0 Å². The lowest BCUT2D eigenvalue weighted by molar-refractivity contribution is 0.159. The average Bonchev–Trinajstić information content (AvgIpc) is 3.86. The maximum atomic E-state index is 10.0. The van der Waals surface area contributed by atoms with E-state index in [2.05, 4.69) is 110 Å². The van der Waals surface area contributed by atoms with Crippen LogP contribution in [-0.2, 0) is 25.7 Å². The highest BCUT2D eigenvalue weighted by atomic mass is 32.1. The number of thiocarbonyl (C=S) groups is 2. The van der Waals surface area contributed by atoms with Gasteiger partial charge in [0.1, 0.15) is 11.5 Å². The van der Waals surface area contributed by atoms with Crippen molar-refractivity contribution in [2.24, 2.45) is 0 Å². The van der Waals surface area contributed by atoms with Crippen LogP contribution in [0.3, 0.4) is 0 Å². The Bertz CT molecular complexity index is 1780. The zero-order valence-electron chi connectivity index (χ0n) is 30.9. The first-order valence-corrected chi connectivity index (χ1v) is 20.2. The van der Waals surface area contributed by atoms with Gasteiger partial charge in [-0.1, -0.05) is 84.9 Å². The lowest BCUT2D eigenvalue weighted by atomic mass is 10.0. The van der Waals surface area contributed by atoms with Gasteiger partial charge in [0.05, 0.1) is 18.7 Å². The Balaban J connectivity index is 1.10. The minimum Gasteiger partial charge on any atom is -0.508 e. The molecule has 0 radical (unpaired) electrons. The van der Waals surface area contributed by atoms with Crippen LogP contribution in [0.15, 0.2) is 109 Å². The summed E-state index contributed by atoms with van der Waals surface area (Å²) in [5, 5.41) is 15.3. The fraction of sp³-hybridized carbons (Fsp3) is 0.409. The number of rotatable bonds is 16. The third-order valence-electron chi connectivity index (χ3n) is 11.2. The second-order valence-corrected chi connectivity index (χ2v) is 15.5. The zero-order chi connectivity index (χ0) is 36.6. The molecule has 4 aromatic carbocycles. The van der Waals surface area contributed by atoms with Crippen LogP contribution in [0.2, 0.25) is 0 Å². The fourth-order valence-corrected chi connectivity index (χ4v) is 9.21. The highest BCUT2D eigenvalue weighted by Gasteiger charge is 2.40. The first kappa shape index (κ1) is 37.1. The zero-order valence-corrected chi connectivity index (χ0v) is 32.5. The van der Waals surface area contributed by atoms with Crippen LogP contribution in [0, 0.1) is 0 Å². The van der Waals surface area contributed by atoms with Gasteiger partial charge in [0.25, 0.3) is 0 Å². The van der Waals surface area contributed by atoms with Gasteiger partial charge in [-0.15, -0.1) is 0 Å². The van der Waals surface area contributed by atoms with Crippen molar-refractivity contribution in [3.8, 4) is 11.5 Å². The van der Waals surface area contributed by atoms with Crippen molar-refractivity contribution in [1.29, 1.82) is 0 Å². The Morgan fingerprint density at radius 3 is 2.15 bits per heavy atom. The van der Waals surface area contributed by atoms with Gasteiger partial charge in [-0.05, 0) is 123 Å². The van der Waals surface area contributed by atoms with Crippen LogP contribution in [-0.4, -0.2) is 105 Å². The first-order valence-electron chi connectivity index (χ1n) is 19.4. The maximum Gasteiger partial charge on any atom is 0.172 e. The number of ether oxygens (including phenoxy) is 1. The third kappa shape index (κ3) is 9.50. The van der Waals surface area contributed by atoms with Crippen LogP contribution in [0.5, 0.6) is 11.5 Å². The molecule has 278 valence electrons. The van der Waals surface area contributed by atoms with E-state index >= 15 is 0 Å². The van der Waals surface area contributed by atoms with Crippen molar-refractivity contribution in [1.82, 2.24) is 24.9 Å². The van der Waals surface area contributed by atoms with Crippen LogP contribution < -0.4 is 10.1 Å². The quantitative estimate of drug-likeness (QED) is 0.122. The van der Waals surface area contributed by atoms with E-state index in [9.17, 15) is 5.11 Å². The highest BCUT2D eigenvalue weighted by molar-refractivity contribution is 7.80. The number of hydrogen-bond acceptors (Lipinski definition) is 5. The van der Waals surface area contributed by atoms with Gasteiger partial charge in [-0.2, -0.15) is 0 Å². The highest BCUT2D eigenvalue weighted by Crippen LogP contribution is 2.29. The van der Waals surface area contributed by atoms with E-state index in [1.54, 1.807) is 12.1 Å². The molecule has 3 aliphatic rings. The summed E-state index contributed by atoms with van der Waals surface area (Å²) in [5.74, 6) is 1.20. The Kier molecular flexibility index (Phi) is 12.5. The SMILES string of the molecule is CCOc1ccc(CCN2C(=S)N([C@@H](Cc3ccccc3)CN3CCCC3CN3C(=S)NC[C@@H]3Cc3ccccc3)C[C@@H]2Cc2ccc(O)cc2)cc1. The number of benzene rings is 4. The molecule has 3 aliphatic heterocycles. The summed E-state index contributed by atoms with van der Waals surface area (Å²) in [5.41, 5.74) is 5.19. The molecular weight excluding hydrogens is 695 g/mol. The van der Waals surface area contributed by atoms with Gasteiger partial charge in [-0.3, -0.25) is 4.90 Å². The summed E-state index contributed by atoms with van der Waals surface area (Å²) in [6.07, 6.45) is 6.07. The molecule has 0 saturated carbocycles. The minimum atomic E-state index is 0.229. The van der Waals surface area contributed by atoms with Crippen molar-refractivity contribution in [2.45, 2.75) is 69.6 Å². The molecule has 7 nitrogen and oxygen atoms in total. The van der Waals surface area contributed by atoms with Crippen molar-refractivity contribution >= 4 is 34.7 Å². The Morgan fingerprint density at radius 1 is 0.774 bits per heavy atom. The lowest BCUT2D eigenvalue weighted by Gasteiger charge is -2.37. The fourth-order valence-electron chi connectivity index (χ4n) is 8.44. The largest absolute Gasteiger partial charge is 0.508 e. The van der Waals surface area contributed by atoms with E-state index in [4.69, 9.17) is 29.2 Å². The topological polar surface area (TPSA) is 54.5 Å². The van der Waals surface area contributed by atoms with Crippen molar-refractivity contribution in [3.05, 3.63) is 131 Å². The number of hydrogen-bond donors (Lipinski definition) is 2. The number of phenols is 1. The predicted octanol–water partition coefficient (Wildman–Crippen LogP) is 6.72. The summed E-state index contributed by atoms with van der Waals surface area (Å²) in [4.78, 5) is 10.2. The molecule has 4 aromatic rings. The molecule has 3 saturated heterocycles. The minimum absolute atomic E-state index is 0.229. The van der Waals surface area contributed by atoms with Crippen molar-refractivity contribution in [2.75, 3.05) is 45.9 Å². The summed E-state index contributed by atoms with van der Waals surface area (Å²) in [7, 11) is 0. The van der Waals surface area contributed by atoms with Gasteiger partial charge in [0.2, 0.25) is 0 Å². The predicted molar refractivity (Wildman–Crippen MR) is 223 cm³/mol. The van der Waals surface area contributed by atoms with E-state index in [0.717, 1.165) is 80.9 Å². The molecule has 3 fully saturated rings. The average molecular weight is 748 g/mol. The first-order chi connectivity index (χ1) is 25.9. The molecule has 0 aliphatic carbocycles. The second kappa shape index (κ2) is 17.8. The van der Waals surface area contributed by atoms with Crippen molar-refractivity contribution in [3.63, 3.8) is 0 Å². The van der Waals surface area contributed by atoms with Gasteiger partial charge in [-0.25, -0.2) is 0 Å². The second-order valence-electron chi connectivity index (χ2n) is 14.8. The molecule has 9 heteroatoms. The smallest absolute Gasteiger partial charge is 0.172 e. The van der Waals surface area contributed by atoms with E-state index in [0.29, 0.717) is 24.4 Å². The number of nitrogens with zero attached hydrogens (tertiary/aromatic N) is 4. The number of nitrogens with one attached hydrogen (secondary N) is 1. The van der Waals surface area contributed by atoms with Gasteiger partial charge in [0, 0.05) is 44.8 Å². The van der Waals surface area contributed by atoms with Gasteiger partial charge in [0.15, 0.2) is 10.2 Å².